The van der Waals surface area contributed by atoms with Crippen LogP contribution in [0.3, 0.4) is 0 Å². The molecule has 0 aromatic carbocycles. The quantitative estimate of drug-likeness (QED) is 0.541. The van der Waals surface area contributed by atoms with Gasteiger partial charge in [0.25, 0.3) is 0 Å². The van der Waals surface area contributed by atoms with Crippen molar-refractivity contribution in [3.8, 4) is 0 Å². The first-order valence-corrected chi connectivity index (χ1v) is 10.3. The predicted molar refractivity (Wildman–Crippen MR) is 106 cm³/mol. The summed E-state index contributed by atoms with van der Waals surface area (Å²) in [5.74, 6) is 1.28. The molecule has 0 bridgehead atoms. The number of aliphatic imine (C=N–C) groups is 1. The molecule has 0 radical (unpaired) electrons. The van der Waals surface area contributed by atoms with Gasteiger partial charge in [0.15, 0.2) is 5.96 Å². The standard InChI is InChI=1S/C19H32N4OS/c1-4-16(23-13-6-9-18(23)24)10-12-21-19(20-5-2)22(3)14-11-17-8-7-15-25-17/h7-8,15-16H,4-6,9-14H2,1-3H3,(H,20,21). The molecule has 1 amide bonds. The molecule has 25 heavy (non-hydrogen) atoms. The summed E-state index contributed by atoms with van der Waals surface area (Å²) in [5.41, 5.74) is 0. The van der Waals surface area contributed by atoms with Crippen LogP contribution in [-0.4, -0.2) is 60.9 Å². The zero-order chi connectivity index (χ0) is 18.1. The molecule has 5 nitrogen and oxygen atoms in total. The summed E-state index contributed by atoms with van der Waals surface area (Å²) in [5, 5.41) is 5.51. The van der Waals surface area contributed by atoms with Gasteiger partial charge in [-0.1, -0.05) is 13.0 Å². The molecule has 1 aromatic rings. The molecule has 0 aliphatic carbocycles. The van der Waals surface area contributed by atoms with Crippen LogP contribution in [0, 0.1) is 0 Å². The Morgan fingerprint density at radius 1 is 1.48 bits per heavy atom. The molecule has 1 aliphatic rings. The zero-order valence-corrected chi connectivity index (χ0v) is 16.6. The van der Waals surface area contributed by atoms with Crippen LogP contribution in [-0.2, 0) is 11.2 Å². The first-order chi connectivity index (χ1) is 12.2. The van der Waals surface area contributed by atoms with Gasteiger partial charge >= 0.3 is 0 Å². The van der Waals surface area contributed by atoms with Gasteiger partial charge in [0.2, 0.25) is 5.91 Å². The highest BCUT2D eigenvalue weighted by atomic mass is 32.1. The average molecular weight is 365 g/mol. The Morgan fingerprint density at radius 3 is 2.92 bits per heavy atom. The van der Waals surface area contributed by atoms with Crippen molar-refractivity contribution < 1.29 is 4.79 Å². The van der Waals surface area contributed by atoms with Gasteiger partial charge in [-0.15, -0.1) is 11.3 Å². The van der Waals surface area contributed by atoms with E-state index in [1.54, 1.807) is 11.3 Å². The van der Waals surface area contributed by atoms with E-state index < -0.39 is 0 Å². The third kappa shape index (κ3) is 6.03. The van der Waals surface area contributed by atoms with E-state index in [4.69, 9.17) is 4.99 Å². The molecule has 140 valence electrons. The largest absolute Gasteiger partial charge is 0.357 e. The third-order valence-electron chi connectivity index (χ3n) is 4.72. The molecule has 1 atom stereocenters. The molecule has 1 saturated heterocycles. The van der Waals surface area contributed by atoms with Crippen LogP contribution in [0.15, 0.2) is 22.5 Å². The molecule has 1 fully saturated rings. The van der Waals surface area contributed by atoms with Gasteiger partial charge in [0, 0.05) is 50.6 Å². The maximum atomic E-state index is 12.0. The highest BCUT2D eigenvalue weighted by molar-refractivity contribution is 7.09. The molecule has 6 heteroatoms. The van der Waals surface area contributed by atoms with Crippen molar-refractivity contribution in [1.82, 2.24) is 15.1 Å². The van der Waals surface area contributed by atoms with E-state index in [-0.39, 0.29) is 0 Å². The van der Waals surface area contributed by atoms with Crippen molar-refractivity contribution in [2.24, 2.45) is 4.99 Å². The lowest BCUT2D eigenvalue weighted by molar-refractivity contribution is -0.129. The van der Waals surface area contributed by atoms with Crippen LogP contribution in [0.25, 0.3) is 0 Å². The van der Waals surface area contributed by atoms with Crippen molar-refractivity contribution in [2.45, 2.75) is 52.0 Å². The Balaban J connectivity index is 1.85. The highest BCUT2D eigenvalue weighted by Crippen LogP contribution is 2.18. The average Bonchev–Trinajstić information content (AvgIpc) is 3.27. The normalized spacial score (nSPS) is 16.4. The Kier molecular flexibility index (Phi) is 8.25. The second-order valence-corrected chi connectivity index (χ2v) is 7.56. The molecule has 1 aliphatic heterocycles. The third-order valence-corrected chi connectivity index (χ3v) is 5.65. The molecule has 2 rings (SSSR count). The molecular weight excluding hydrogens is 332 g/mol. The maximum absolute atomic E-state index is 12.0. The monoisotopic (exact) mass is 364 g/mol. The minimum Gasteiger partial charge on any atom is -0.357 e. The van der Waals surface area contributed by atoms with Crippen molar-refractivity contribution in [2.75, 3.05) is 33.2 Å². The van der Waals surface area contributed by atoms with E-state index in [0.29, 0.717) is 18.4 Å². The van der Waals surface area contributed by atoms with E-state index in [9.17, 15) is 4.79 Å². The lowest BCUT2D eigenvalue weighted by Crippen LogP contribution is -2.40. The second kappa shape index (κ2) is 10.4. The van der Waals surface area contributed by atoms with Crippen molar-refractivity contribution >= 4 is 23.2 Å². The molecule has 2 heterocycles. The van der Waals surface area contributed by atoms with Gasteiger partial charge in [-0.25, -0.2) is 0 Å². The summed E-state index contributed by atoms with van der Waals surface area (Å²) >= 11 is 1.80. The first kappa shape index (κ1) is 19.8. The summed E-state index contributed by atoms with van der Waals surface area (Å²) in [6.45, 7) is 7.76. The zero-order valence-electron chi connectivity index (χ0n) is 15.8. The smallest absolute Gasteiger partial charge is 0.222 e. The van der Waals surface area contributed by atoms with Crippen molar-refractivity contribution in [3.05, 3.63) is 22.4 Å². The van der Waals surface area contributed by atoms with Crippen LogP contribution in [0.1, 0.15) is 44.4 Å². The predicted octanol–water partition coefficient (Wildman–Crippen LogP) is 2.98. The van der Waals surface area contributed by atoms with Gasteiger partial charge in [-0.05, 0) is 44.1 Å². The van der Waals surface area contributed by atoms with Crippen LogP contribution in [0.4, 0.5) is 0 Å². The highest BCUT2D eigenvalue weighted by Gasteiger charge is 2.26. The van der Waals surface area contributed by atoms with Crippen molar-refractivity contribution in [1.29, 1.82) is 0 Å². The number of nitrogens with one attached hydrogen (secondary N) is 1. The molecule has 0 saturated carbocycles. The maximum Gasteiger partial charge on any atom is 0.222 e. The molecule has 1 aromatic heterocycles. The summed E-state index contributed by atoms with van der Waals surface area (Å²) in [7, 11) is 2.09. The summed E-state index contributed by atoms with van der Waals surface area (Å²) < 4.78 is 0. The lowest BCUT2D eigenvalue weighted by Gasteiger charge is -2.27. The first-order valence-electron chi connectivity index (χ1n) is 9.47. The number of guanidine groups is 1. The van der Waals surface area contributed by atoms with Gasteiger partial charge in [-0.2, -0.15) is 0 Å². The number of hydrogen-bond acceptors (Lipinski definition) is 3. The molecule has 1 N–H and O–H groups in total. The van der Waals surface area contributed by atoms with Gasteiger partial charge in [-0.3, -0.25) is 9.79 Å². The number of thiophene rings is 1. The minimum atomic E-state index is 0.316. The summed E-state index contributed by atoms with van der Waals surface area (Å²) in [6.07, 6.45) is 4.71. The number of likely N-dealkylation sites (tertiary alicyclic amines) is 1. The topological polar surface area (TPSA) is 47.9 Å². The fourth-order valence-corrected chi connectivity index (χ4v) is 3.96. The summed E-state index contributed by atoms with van der Waals surface area (Å²) in [4.78, 5) is 22.4. The van der Waals surface area contributed by atoms with Gasteiger partial charge in [0.1, 0.15) is 0 Å². The number of nitrogens with zero attached hydrogens (tertiary/aromatic N) is 3. The number of carbonyl (C=O) groups is 1. The van der Waals surface area contributed by atoms with E-state index >= 15 is 0 Å². The Morgan fingerprint density at radius 2 is 2.32 bits per heavy atom. The Bertz CT molecular complexity index is 544. The van der Waals surface area contributed by atoms with Crippen LogP contribution >= 0.6 is 11.3 Å². The van der Waals surface area contributed by atoms with Gasteiger partial charge < -0.3 is 15.1 Å². The van der Waals surface area contributed by atoms with Crippen LogP contribution in [0.5, 0.6) is 0 Å². The van der Waals surface area contributed by atoms with E-state index in [0.717, 1.165) is 57.8 Å². The molecule has 1 unspecified atom stereocenters. The lowest BCUT2D eigenvalue weighted by atomic mass is 10.1. The van der Waals surface area contributed by atoms with E-state index in [1.165, 1.54) is 4.88 Å². The van der Waals surface area contributed by atoms with Crippen molar-refractivity contribution in [3.63, 3.8) is 0 Å². The SMILES string of the molecule is CCNC(=NCCC(CC)N1CCCC1=O)N(C)CCc1cccs1. The Hall–Kier alpha value is -1.56. The minimum absolute atomic E-state index is 0.316. The van der Waals surface area contributed by atoms with E-state index in [1.807, 2.05) is 0 Å². The number of amides is 1. The number of likely N-dealkylation sites (N-methyl/N-ethyl adjacent to an activating group) is 1. The van der Waals surface area contributed by atoms with E-state index in [2.05, 4.69) is 53.5 Å². The molecular formula is C19H32N4OS. The van der Waals surface area contributed by atoms with Crippen LogP contribution in [0.2, 0.25) is 0 Å². The summed E-state index contributed by atoms with van der Waals surface area (Å²) in [6, 6.07) is 4.61. The second-order valence-electron chi connectivity index (χ2n) is 6.53. The number of carbonyl (C=O) groups excluding carboxylic acids is 1. The van der Waals surface area contributed by atoms with Crippen LogP contribution < -0.4 is 5.32 Å². The van der Waals surface area contributed by atoms with Gasteiger partial charge in [0.05, 0.1) is 0 Å². The fraction of sp³-hybridized carbons (Fsp3) is 0.684. The molecule has 0 spiro atoms. The Labute approximate surface area is 156 Å². The fourth-order valence-electron chi connectivity index (χ4n) is 3.26. The number of rotatable bonds is 9. The number of hydrogen-bond donors (Lipinski definition) is 1.